The SMILES string of the molecule is CC(C)N1CC=C[C@]23O[C@@H]4C=CCN(C)C(=O)[C@@H]4[C@H]2C(=O)N(CCCO)C3C1=O. The van der Waals surface area contributed by atoms with Crippen LogP contribution in [0.2, 0.25) is 0 Å². The van der Waals surface area contributed by atoms with Crippen LogP contribution in [0.4, 0.5) is 0 Å². The molecule has 8 heteroatoms. The summed E-state index contributed by atoms with van der Waals surface area (Å²) in [5.41, 5.74) is -1.17. The lowest BCUT2D eigenvalue weighted by Crippen LogP contribution is -2.56. The van der Waals surface area contributed by atoms with Crippen molar-refractivity contribution >= 4 is 17.7 Å². The van der Waals surface area contributed by atoms with Gasteiger partial charge in [0.1, 0.15) is 11.6 Å². The van der Waals surface area contributed by atoms with Gasteiger partial charge in [-0.15, -0.1) is 0 Å². The number of ether oxygens (including phenoxy) is 1. The van der Waals surface area contributed by atoms with Gasteiger partial charge in [0.25, 0.3) is 0 Å². The molecule has 0 bridgehead atoms. The van der Waals surface area contributed by atoms with Gasteiger partial charge >= 0.3 is 0 Å². The lowest BCUT2D eigenvalue weighted by molar-refractivity contribution is -0.149. The lowest BCUT2D eigenvalue weighted by atomic mass is 9.77. The second-order valence-corrected chi connectivity index (χ2v) is 8.58. The number of amides is 3. The number of carbonyl (C=O) groups is 3. The summed E-state index contributed by atoms with van der Waals surface area (Å²) in [5.74, 6) is -1.95. The molecule has 158 valence electrons. The zero-order chi connectivity index (χ0) is 20.9. The number of rotatable bonds is 4. The van der Waals surface area contributed by atoms with Gasteiger partial charge in [-0.1, -0.05) is 24.3 Å². The number of fused-ring (bicyclic) bond motifs is 2. The molecule has 0 radical (unpaired) electrons. The molecule has 29 heavy (non-hydrogen) atoms. The van der Waals surface area contributed by atoms with E-state index in [1.807, 2.05) is 38.2 Å². The van der Waals surface area contributed by atoms with Crippen molar-refractivity contribution in [1.29, 1.82) is 0 Å². The summed E-state index contributed by atoms with van der Waals surface area (Å²) in [4.78, 5) is 45.1. The number of likely N-dealkylation sites (tertiary alicyclic amines) is 1. The smallest absolute Gasteiger partial charge is 0.249 e. The Kier molecular flexibility index (Phi) is 5.02. The number of aliphatic hydroxyl groups is 1. The molecule has 2 fully saturated rings. The molecule has 4 aliphatic rings. The highest BCUT2D eigenvalue weighted by Gasteiger charge is 2.71. The van der Waals surface area contributed by atoms with Crippen LogP contribution in [0.5, 0.6) is 0 Å². The summed E-state index contributed by atoms with van der Waals surface area (Å²) >= 11 is 0. The Morgan fingerprint density at radius 3 is 2.62 bits per heavy atom. The first kappa shape index (κ1) is 20.1. The van der Waals surface area contributed by atoms with E-state index in [0.717, 1.165) is 0 Å². The highest BCUT2D eigenvalue weighted by Crippen LogP contribution is 2.53. The number of hydrogen-bond donors (Lipinski definition) is 1. The molecule has 8 nitrogen and oxygen atoms in total. The first-order valence-corrected chi connectivity index (χ1v) is 10.3. The number of likely N-dealkylation sites (N-methyl/N-ethyl adjacent to an activating group) is 1. The second kappa shape index (κ2) is 7.25. The molecule has 3 amide bonds. The van der Waals surface area contributed by atoms with E-state index in [0.29, 0.717) is 19.5 Å². The molecule has 1 N–H and O–H groups in total. The maximum absolute atomic E-state index is 13.6. The first-order valence-electron chi connectivity index (χ1n) is 10.3. The summed E-state index contributed by atoms with van der Waals surface area (Å²) in [6.07, 6.45) is 7.29. The van der Waals surface area contributed by atoms with Crippen molar-refractivity contribution < 1.29 is 24.2 Å². The van der Waals surface area contributed by atoms with Crippen molar-refractivity contribution in [2.45, 2.75) is 44.1 Å². The van der Waals surface area contributed by atoms with E-state index >= 15 is 0 Å². The molecule has 0 aliphatic carbocycles. The van der Waals surface area contributed by atoms with Crippen LogP contribution in [-0.2, 0) is 19.1 Å². The molecule has 4 aliphatic heterocycles. The van der Waals surface area contributed by atoms with Gasteiger partial charge in [0, 0.05) is 39.3 Å². The maximum Gasteiger partial charge on any atom is 0.249 e. The minimum absolute atomic E-state index is 0.0318. The molecule has 2 saturated heterocycles. The Morgan fingerprint density at radius 2 is 1.93 bits per heavy atom. The molecule has 0 aromatic rings. The topological polar surface area (TPSA) is 90.4 Å². The van der Waals surface area contributed by atoms with Crippen molar-refractivity contribution in [1.82, 2.24) is 14.7 Å². The van der Waals surface area contributed by atoms with E-state index < -0.39 is 29.6 Å². The normalized spacial score (nSPS) is 36.4. The van der Waals surface area contributed by atoms with Gasteiger partial charge in [0.2, 0.25) is 17.7 Å². The number of carbonyl (C=O) groups excluding carboxylic acids is 3. The minimum atomic E-state index is -1.17. The molecule has 0 aromatic carbocycles. The van der Waals surface area contributed by atoms with Crippen LogP contribution in [-0.4, -0.2) is 94.6 Å². The third kappa shape index (κ3) is 2.84. The molecular formula is C21H29N3O5. The van der Waals surface area contributed by atoms with Crippen LogP contribution < -0.4 is 0 Å². The van der Waals surface area contributed by atoms with Crippen LogP contribution in [0, 0.1) is 11.8 Å². The number of aliphatic hydroxyl groups excluding tert-OH is 1. The number of nitrogens with zero attached hydrogens (tertiary/aromatic N) is 3. The van der Waals surface area contributed by atoms with Gasteiger partial charge in [-0.05, 0) is 20.3 Å². The van der Waals surface area contributed by atoms with E-state index in [9.17, 15) is 19.5 Å². The fraction of sp³-hybridized carbons (Fsp3) is 0.667. The summed E-state index contributed by atoms with van der Waals surface area (Å²) in [6, 6.07) is -0.859. The molecule has 0 saturated carbocycles. The Hall–Kier alpha value is -2.19. The maximum atomic E-state index is 13.6. The van der Waals surface area contributed by atoms with Crippen LogP contribution in [0.15, 0.2) is 24.3 Å². The second-order valence-electron chi connectivity index (χ2n) is 8.58. The van der Waals surface area contributed by atoms with Gasteiger partial charge < -0.3 is 24.5 Å². The highest BCUT2D eigenvalue weighted by molar-refractivity contribution is 5.99. The van der Waals surface area contributed by atoms with Crippen molar-refractivity contribution in [3.8, 4) is 0 Å². The first-order chi connectivity index (χ1) is 13.8. The van der Waals surface area contributed by atoms with Gasteiger partial charge in [-0.25, -0.2) is 0 Å². The minimum Gasteiger partial charge on any atom is -0.396 e. The third-order valence-electron chi connectivity index (χ3n) is 6.57. The molecule has 1 spiro atoms. The summed E-state index contributed by atoms with van der Waals surface area (Å²) in [6.45, 7) is 4.96. The van der Waals surface area contributed by atoms with E-state index in [1.165, 1.54) is 4.90 Å². The third-order valence-corrected chi connectivity index (χ3v) is 6.57. The Morgan fingerprint density at radius 1 is 1.17 bits per heavy atom. The largest absolute Gasteiger partial charge is 0.396 e. The van der Waals surface area contributed by atoms with Crippen LogP contribution in [0.3, 0.4) is 0 Å². The average molecular weight is 403 g/mol. The van der Waals surface area contributed by atoms with E-state index in [2.05, 4.69) is 0 Å². The van der Waals surface area contributed by atoms with Crippen molar-refractivity contribution in [2.24, 2.45) is 11.8 Å². The van der Waals surface area contributed by atoms with Gasteiger partial charge in [0.05, 0.1) is 17.9 Å². The zero-order valence-corrected chi connectivity index (χ0v) is 17.2. The van der Waals surface area contributed by atoms with Crippen molar-refractivity contribution in [3.63, 3.8) is 0 Å². The quantitative estimate of drug-likeness (QED) is 0.656. The molecule has 4 rings (SSSR count). The van der Waals surface area contributed by atoms with Gasteiger partial charge in [-0.3, -0.25) is 14.4 Å². The zero-order valence-electron chi connectivity index (χ0n) is 17.2. The monoisotopic (exact) mass is 403 g/mol. The summed E-state index contributed by atoms with van der Waals surface area (Å²) in [5, 5.41) is 9.32. The molecule has 0 aromatic heterocycles. The molecule has 1 unspecified atom stereocenters. The standard InChI is InChI=1S/C21H29N3O5/c1-13(2)23-10-5-8-21-16(15-14(29-21)7-4-9-22(3)18(15)26)19(27)24(11-6-12-25)17(21)20(23)28/h4-5,7-8,13-17,25H,6,9-12H2,1-3H3/t14-,15+,16+,17?,21+/m1/s1. The molecule has 5 atom stereocenters. The Bertz CT molecular complexity index is 778. The summed E-state index contributed by atoms with van der Waals surface area (Å²) in [7, 11) is 1.72. The lowest BCUT2D eigenvalue weighted by Gasteiger charge is -2.36. The van der Waals surface area contributed by atoms with E-state index in [1.54, 1.807) is 16.8 Å². The van der Waals surface area contributed by atoms with Crippen molar-refractivity contribution in [2.75, 3.05) is 33.3 Å². The van der Waals surface area contributed by atoms with Crippen LogP contribution in [0.1, 0.15) is 20.3 Å². The highest BCUT2D eigenvalue weighted by atomic mass is 16.5. The fourth-order valence-electron chi connectivity index (χ4n) is 5.23. The number of hydrogen-bond acceptors (Lipinski definition) is 5. The Labute approximate surface area is 170 Å². The average Bonchev–Trinajstić information content (AvgIpc) is 2.99. The predicted octanol–water partition coefficient (Wildman–Crippen LogP) is -0.215. The van der Waals surface area contributed by atoms with E-state index in [4.69, 9.17) is 4.74 Å². The van der Waals surface area contributed by atoms with Gasteiger partial charge in [0.15, 0.2) is 0 Å². The van der Waals surface area contributed by atoms with Crippen LogP contribution in [0.25, 0.3) is 0 Å². The summed E-state index contributed by atoms with van der Waals surface area (Å²) < 4.78 is 6.45. The van der Waals surface area contributed by atoms with Gasteiger partial charge in [-0.2, -0.15) is 0 Å². The Balaban J connectivity index is 1.83. The fourth-order valence-corrected chi connectivity index (χ4v) is 5.23. The molecular weight excluding hydrogens is 374 g/mol. The van der Waals surface area contributed by atoms with Crippen molar-refractivity contribution in [3.05, 3.63) is 24.3 Å². The van der Waals surface area contributed by atoms with Crippen LogP contribution >= 0.6 is 0 Å². The van der Waals surface area contributed by atoms with E-state index in [-0.39, 0.29) is 36.9 Å². The molecule has 4 heterocycles. The predicted molar refractivity (Wildman–Crippen MR) is 105 cm³/mol.